The van der Waals surface area contributed by atoms with E-state index in [1.54, 1.807) is 23.1 Å². The SMILES string of the molecule is C[C@@H](c1ccccc1)N1C(=O)C(OC(=O)NC(=O)C(C)(C)Cl)Cc2ccc(Cl)cc21. The van der Waals surface area contributed by atoms with Crippen LogP contribution in [0, 0.1) is 0 Å². The van der Waals surface area contributed by atoms with Crippen molar-refractivity contribution in [1.29, 1.82) is 0 Å². The van der Waals surface area contributed by atoms with Gasteiger partial charge in [-0.25, -0.2) is 4.79 Å². The largest absolute Gasteiger partial charge is 0.435 e. The lowest BCUT2D eigenvalue weighted by atomic mass is 9.95. The number of ether oxygens (including phenoxy) is 1. The van der Waals surface area contributed by atoms with Crippen LogP contribution in [-0.2, 0) is 20.7 Å². The Morgan fingerprint density at radius 1 is 1.20 bits per heavy atom. The quantitative estimate of drug-likeness (QED) is 0.691. The highest BCUT2D eigenvalue weighted by atomic mass is 35.5. The van der Waals surface area contributed by atoms with Crippen molar-refractivity contribution in [3.8, 4) is 0 Å². The van der Waals surface area contributed by atoms with Gasteiger partial charge in [0.25, 0.3) is 5.91 Å². The van der Waals surface area contributed by atoms with Gasteiger partial charge in [-0.05, 0) is 44.0 Å². The molecule has 0 aromatic heterocycles. The van der Waals surface area contributed by atoms with Crippen molar-refractivity contribution in [2.24, 2.45) is 0 Å². The smallest absolute Gasteiger partial charge is 0.414 e. The molecule has 0 saturated carbocycles. The molecule has 1 N–H and O–H groups in total. The molecule has 0 bridgehead atoms. The molecule has 2 atom stereocenters. The molecule has 1 heterocycles. The van der Waals surface area contributed by atoms with Crippen molar-refractivity contribution < 1.29 is 19.1 Å². The number of hydrogen-bond acceptors (Lipinski definition) is 4. The van der Waals surface area contributed by atoms with Crippen LogP contribution in [0.4, 0.5) is 10.5 Å². The highest BCUT2D eigenvalue weighted by Crippen LogP contribution is 2.37. The third kappa shape index (κ3) is 4.77. The van der Waals surface area contributed by atoms with Gasteiger partial charge in [-0.1, -0.05) is 48.0 Å². The average molecular weight is 449 g/mol. The third-order valence-corrected chi connectivity index (χ3v) is 5.31. The number of rotatable bonds is 4. The molecule has 30 heavy (non-hydrogen) atoms. The van der Waals surface area contributed by atoms with Crippen LogP contribution < -0.4 is 10.2 Å². The maximum Gasteiger partial charge on any atom is 0.414 e. The summed E-state index contributed by atoms with van der Waals surface area (Å²) in [6.45, 7) is 4.79. The van der Waals surface area contributed by atoms with Crippen LogP contribution in [0.3, 0.4) is 0 Å². The zero-order valence-corrected chi connectivity index (χ0v) is 18.3. The van der Waals surface area contributed by atoms with Crippen LogP contribution in [0.2, 0.25) is 5.02 Å². The molecule has 3 rings (SSSR count). The summed E-state index contributed by atoms with van der Waals surface area (Å²) >= 11 is 12.1. The normalized spacial score (nSPS) is 17.2. The molecule has 0 fully saturated rings. The number of carbonyl (C=O) groups is 3. The van der Waals surface area contributed by atoms with Crippen molar-refractivity contribution in [2.75, 3.05) is 4.90 Å². The topological polar surface area (TPSA) is 75.7 Å². The minimum Gasteiger partial charge on any atom is -0.435 e. The number of amides is 3. The minimum absolute atomic E-state index is 0.176. The van der Waals surface area contributed by atoms with E-state index >= 15 is 0 Å². The number of fused-ring (bicyclic) bond motifs is 1. The first-order chi connectivity index (χ1) is 14.1. The van der Waals surface area contributed by atoms with Gasteiger partial charge in [-0.2, -0.15) is 0 Å². The number of benzene rings is 2. The number of halogens is 2. The zero-order valence-electron chi connectivity index (χ0n) is 16.8. The Morgan fingerprint density at radius 3 is 2.50 bits per heavy atom. The standard InChI is InChI=1S/C22H22Cl2N2O4/c1-13(14-7-5-4-6-8-14)26-17-12-16(23)10-9-15(17)11-18(19(26)27)30-21(29)25-20(28)22(2,3)24/h4-10,12-13,18H,11H2,1-3H3,(H,25,28,29)/t13-,18?/m0/s1. The monoisotopic (exact) mass is 448 g/mol. The number of carbonyl (C=O) groups excluding carboxylic acids is 3. The predicted octanol–water partition coefficient (Wildman–Crippen LogP) is 4.63. The van der Waals surface area contributed by atoms with Crippen LogP contribution in [0.25, 0.3) is 0 Å². The first kappa shape index (κ1) is 22.1. The van der Waals surface area contributed by atoms with Crippen LogP contribution in [-0.4, -0.2) is 28.9 Å². The summed E-state index contributed by atoms with van der Waals surface area (Å²) in [6.07, 6.45) is -1.93. The van der Waals surface area contributed by atoms with E-state index in [4.69, 9.17) is 27.9 Å². The fourth-order valence-electron chi connectivity index (χ4n) is 3.27. The molecule has 0 saturated heterocycles. The average Bonchev–Trinajstić information content (AvgIpc) is 2.68. The molecule has 2 aromatic rings. The molecule has 1 unspecified atom stereocenters. The second-order valence-corrected chi connectivity index (χ2v) is 8.97. The summed E-state index contributed by atoms with van der Waals surface area (Å²) in [6, 6.07) is 14.4. The van der Waals surface area contributed by atoms with Gasteiger partial charge < -0.3 is 9.64 Å². The predicted molar refractivity (Wildman–Crippen MR) is 116 cm³/mol. The summed E-state index contributed by atoms with van der Waals surface area (Å²) in [7, 11) is 0. The number of alkyl carbamates (subject to hydrolysis) is 1. The van der Waals surface area contributed by atoms with E-state index in [1.807, 2.05) is 37.3 Å². The Balaban J connectivity index is 1.89. The number of alkyl halides is 1. The zero-order chi connectivity index (χ0) is 22.1. The molecule has 2 aromatic carbocycles. The molecule has 158 valence electrons. The first-order valence-corrected chi connectivity index (χ1v) is 10.2. The fraction of sp³-hybridized carbons (Fsp3) is 0.318. The minimum atomic E-state index is -1.28. The molecule has 8 heteroatoms. The Bertz CT molecular complexity index is 973. The van der Waals surface area contributed by atoms with Crippen LogP contribution in [0.1, 0.15) is 37.9 Å². The van der Waals surface area contributed by atoms with Crippen molar-refractivity contribution >= 4 is 46.8 Å². The fourth-order valence-corrected chi connectivity index (χ4v) is 3.48. The Kier molecular flexibility index (Phi) is 6.38. The second kappa shape index (κ2) is 8.66. The lowest BCUT2D eigenvalue weighted by Gasteiger charge is -2.38. The lowest BCUT2D eigenvalue weighted by Crippen LogP contribution is -2.50. The van der Waals surface area contributed by atoms with Crippen molar-refractivity contribution in [3.63, 3.8) is 0 Å². The first-order valence-electron chi connectivity index (χ1n) is 9.45. The van der Waals surface area contributed by atoms with Gasteiger partial charge in [-0.15, -0.1) is 11.6 Å². The van der Waals surface area contributed by atoms with Crippen molar-refractivity contribution in [1.82, 2.24) is 5.32 Å². The third-order valence-electron chi connectivity index (χ3n) is 4.90. The van der Waals surface area contributed by atoms with Crippen LogP contribution in [0.15, 0.2) is 48.5 Å². The summed E-state index contributed by atoms with van der Waals surface area (Å²) in [5, 5.41) is 2.57. The van der Waals surface area contributed by atoms with Gasteiger partial charge in [0, 0.05) is 17.1 Å². The lowest BCUT2D eigenvalue weighted by molar-refractivity contribution is -0.129. The Morgan fingerprint density at radius 2 is 1.87 bits per heavy atom. The van der Waals surface area contributed by atoms with E-state index in [1.165, 1.54) is 13.8 Å². The molecule has 0 aliphatic carbocycles. The molecule has 0 spiro atoms. The molecule has 3 amide bonds. The molecular formula is C22H22Cl2N2O4. The number of nitrogens with zero attached hydrogens (tertiary/aromatic N) is 1. The number of imide groups is 1. The summed E-state index contributed by atoms with van der Waals surface area (Å²) in [4.78, 5) is 37.7. The number of hydrogen-bond donors (Lipinski definition) is 1. The van der Waals surface area contributed by atoms with E-state index < -0.39 is 28.9 Å². The van der Waals surface area contributed by atoms with E-state index in [0.29, 0.717) is 10.7 Å². The Labute approximate surface area is 185 Å². The van der Waals surface area contributed by atoms with Gasteiger partial charge in [0.1, 0.15) is 4.87 Å². The van der Waals surface area contributed by atoms with E-state index in [0.717, 1.165) is 11.1 Å². The maximum atomic E-state index is 13.3. The summed E-state index contributed by atoms with van der Waals surface area (Å²) in [5.41, 5.74) is 2.40. The van der Waals surface area contributed by atoms with Gasteiger partial charge >= 0.3 is 6.09 Å². The maximum absolute atomic E-state index is 13.3. The second-order valence-electron chi connectivity index (χ2n) is 7.59. The molecule has 0 radical (unpaired) electrons. The van der Waals surface area contributed by atoms with Crippen molar-refractivity contribution in [2.45, 2.75) is 44.2 Å². The van der Waals surface area contributed by atoms with E-state index in [-0.39, 0.29) is 12.5 Å². The van der Waals surface area contributed by atoms with Gasteiger partial charge in [-0.3, -0.25) is 14.9 Å². The van der Waals surface area contributed by atoms with Crippen molar-refractivity contribution in [3.05, 3.63) is 64.7 Å². The molecule has 6 nitrogen and oxygen atoms in total. The number of anilines is 1. The summed E-state index contributed by atoms with van der Waals surface area (Å²) < 4.78 is 5.32. The van der Waals surface area contributed by atoms with E-state index in [9.17, 15) is 14.4 Å². The molecule has 1 aliphatic rings. The number of nitrogens with one attached hydrogen (secondary N) is 1. The Hall–Kier alpha value is -2.57. The molecular weight excluding hydrogens is 427 g/mol. The highest BCUT2D eigenvalue weighted by Gasteiger charge is 2.39. The molecule has 1 aliphatic heterocycles. The highest BCUT2D eigenvalue weighted by molar-refractivity contribution is 6.35. The van der Waals surface area contributed by atoms with Crippen LogP contribution >= 0.6 is 23.2 Å². The van der Waals surface area contributed by atoms with Gasteiger partial charge in [0.15, 0.2) is 6.10 Å². The summed E-state index contributed by atoms with van der Waals surface area (Å²) in [5.74, 6) is -1.10. The van der Waals surface area contributed by atoms with Gasteiger partial charge in [0.05, 0.1) is 6.04 Å². The van der Waals surface area contributed by atoms with Crippen LogP contribution in [0.5, 0.6) is 0 Å². The van der Waals surface area contributed by atoms with E-state index in [2.05, 4.69) is 5.32 Å². The van der Waals surface area contributed by atoms with Gasteiger partial charge in [0.2, 0.25) is 5.91 Å².